The van der Waals surface area contributed by atoms with Crippen molar-refractivity contribution in [2.24, 2.45) is 0 Å². The molecule has 1 aliphatic heterocycles. The normalized spacial score (nSPS) is 15.7. The van der Waals surface area contributed by atoms with E-state index in [2.05, 4.69) is 22.3 Å². The van der Waals surface area contributed by atoms with Crippen LogP contribution < -0.4 is 10.2 Å². The molecule has 2 aromatic rings. The summed E-state index contributed by atoms with van der Waals surface area (Å²) in [5.41, 5.74) is 2.83. The molecule has 1 amide bonds. The molecule has 31 heavy (non-hydrogen) atoms. The number of carbonyl (C=O) groups excluding carboxylic acids is 1. The van der Waals surface area contributed by atoms with Gasteiger partial charge in [0.05, 0.1) is 18.8 Å². The number of anilines is 1. The van der Waals surface area contributed by atoms with Crippen LogP contribution in [0.25, 0.3) is 0 Å². The van der Waals surface area contributed by atoms with Gasteiger partial charge in [-0.25, -0.2) is 8.42 Å². The fraction of sp³-hybridized carbons (Fsp3) is 0.435. The molecule has 1 N–H and O–H groups in total. The Hall–Kier alpha value is -2.09. The lowest BCUT2D eigenvalue weighted by atomic mass is 10.1. The SMILES string of the molecule is C[C@H](NC(=O)CN(Cc1ccccc1Cl)S(C)(=O)=O)c1ccc(N2CCCCC2)cc1. The first-order chi connectivity index (χ1) is 14.7. The zero-order valence-electron chi connectivity index (χ0n) is 18.1. The molecule has 0 unspecified atom stereocenters. The predicted octanol–water partition coefficient (Wildman–Crippen LogP) is 3.97. The maximum Gasteiger partial charge on any atom is 0.235 e. The second-order valence-corrected chi connectivity index (χ2v) is 10.4. The van der Waals surface area contributed by atoms with E-state index in [0.717, 1.165) is 29.2 Å². The van der Waals surface area contributed by atoms with E-state index in [9.17, 15) is 13.2 Å². The van der Waals surface area contributed by atoms with Gasteiger partial charge in [-0.1, -0.05) is 41.9 Å². The molecule has 0 aromatic heterocycles. The van der Waals surface area contributed by atoms with Crippen molar-refractivity contribution in [3.63, 3.8) is 0 Å². The molecule has 1 atom stereocenters. The van der Waals surface area contributed by atoms with E-state index < -0.39 is 10.0 Å². The standard InChI is InChI=1S/C23H30ClN3O3S/c1-18(19-10-12-21(13-11-19)26-14-6-3-7-15-26)25-23(28)17-27(31(2,29)30)16-20-8-4-5-9-22(20)24/h4-5,8-13,18H,3,6-7,14-17H2,1-2H3,(H,25,28)/t18-/m0/s1. The van der Waals surface area contributed by atoms with E-state index in [1.807, 2.05) is 19.1 Å². The number of carbonyl (C=O) groups is 1. The van der Waals surface area contributed by atoms with Gasteiger partial charge in [-0.15, -0.1) is 0 Å². The van der Waals surface area contributed by atoms with Crippen LogP contribution in [0.1, 0.15) is 43.4 Å². The van der Waals surface area contributed by atoms with E-state index in [-0.39, 0.29) is 25.0 Å². The average molecular weight is 464 g/mol. The van der Waals surface area contributed by atoms with E-state index >= 15 is 0 Å². The van der Waals surface area contributed by atoms with Crippen molar-refractivity contribution in [2.75, 3.05) is 30.8 Å². The van der Waals surface area contributed by atoms with Gasteiger partial charge >= 0.3 is 0 Å². The quantitative estimate of drug-likeness (QED) is 0.643. The number of benzene rings is 2. The third-order valence-electron chi connectivity index (χ3n) is 5.59. The van der Waals surface area contributed by atoms with Crippen molar-refractivity contribution < 1.29 is 13.2 Å². The summed E-state index contributed by atoms with van der Waals surface area (Å²) in [6.07, 6.45) is 4.83. The molecular weight excluding hydrogens is 434 g/mol. The molecular formula is C23H30ClN3O3S. The van der Waals surface area contributed by atoms with Crippen molar-refractivity contribution in [3.8, 4) is 0 Å². The summed E-state index contributed by atoms with van der Waals surface area (Å²) >= 11 is 6.16. The Morgan fingerprint density at radius 1 is 1.10 bits per heavy atom. The zero-order chi connectivity index (χ0) is 22.4. The molecule has 3 rings (SSSR count). The monoisotopic (exact) mass is 463 g/mol. The Bertz CT molecular complexity index is 989. The first-order valence-electron chi connectivity index (χ1n) is 10.6. The van der Waals surface area contributed by atoms with Crippen molar-refractivity contribution in [1.82, 2.24) is 9.62 Å². The first kappa shape index (κ1) is 23.6. The lowest BCUT2D eigenvalue weighted by molar-refractivity contribution is -0.122. The Labute approximate surface area is 190 Å². The second kappa shape index (κ2) is 10.5. The highest BCUT2D eigenvalue weighted by Gasteiger charge is 2.22. The summed E-state index contributed by atoms with van der Waals surface area (Å²) in [5.74, 6) is -0.356. The van der Waals surface area contributed by atoms with Crippen molar-refractivity contribution in [3.05, 3.63) is 64.7 Å². The molecule has 1 fully saturated rings. The molecule has 1 heterocycles. The third-order valence-corrected chi connectivity index (χ3v) is 7.15. The van der Waals surface area contributed by atoms with Crippen molar-refractivity contribution in [1.29, 1.82) is 0 Å². The van der Waals surface area contributed by atoms with Gasteiger partial charge < -0.3 is 10.2 Å². The minimum atomic E-state index is -3.59. The lowest BCUT2D eigenvalue weighted by Gasteiger charge is -2.29. The molecule has 1 saturated heterocycles. The number of halogens is 1. The van der Waals surface area contributed by atoms with Crippen LogP contribution in [0.3, 0.4) is 0 Å². The number of nitrogens with one attached hydrogen (secondary N) is 1. The van der Waals surface area contributed by atoms with Crippen LogP contribution in [0.4, 0.5) is 5.69 Å². The molecule has 168 valence electrons. The highest BCUT2D eigenvalue weighted by Crippen LogP contribution is 2.23. The second-order valence-electron chi connectivity index (χ2n) is 8.05. The summed E-state index contributed by atoms with van der Waals surface area (Å²) < 4.78 is 25.6. The molecule has 0 saturated carbocycles. The smallest absolute Gasteiger partial charge is 0.235 e. The van der Waals surface area contributed by atoms with E-state index in [0.29, 0.717) is 10.6 Å². The molecule has 1 aliphatic rings. The van der Waals surface area contributed by atoms with Gasteiger partial charge in [-0.05, 0) is 55.5 Å². The highest BCUT2D eigenvalue weighted by molar-refractivity contribution is 7.88. The molecule has 0 aliphatic carbocycles. The summed E-state index contributed by atoms with van der Waals surface area (Å²) in [4.78, 5) is 15.0. The first-order valence-corrected chi connectivity index (χ1v) is 12.8. The molecule has 0 bridgehead atoms. The number of nitrogens with zero attached hydrogens (tertiary/aromatic N) is 2. The van der Waals surface area contributed by atoms with Crippen LogP contribution in [0.5, 0.6) is 0 Å². The third kappa shape index (κ3) is 6.69. The topological polar surface area (TPSA) is 69.7 Å². The van der Waals surface area contributed by atoms with Gasteiger partial charge in [0.15, 0.2) is 0 Å². The number of sulfonamides is 1. The number of amides is 1. The van der Waals surface area contributed by atoms with Crippen molar-refractivity contribution in [2.45, 2.75) is 38.8 Å². The lowest BCUT2D eigenvalue weighted by Crippen LogP contribution is -2.40. The van der Waals surface area contributed by atoms with Gasteiger partial charge in [0, 0.05) is 30.3 Å². The summed E-state index contributed by atoms with van der Waals surface area (Å²) in [6, 6.07) is 15.0. The van der Waals surface area contributed by atoms with E-state index in [1.165, 1.54) is 24.9 Å². The maximum absolute atomic E-state index is 12.6. The predicted molar refractivity (Wildman–Crippen MR) is 126 cm³/mol. The van der Waals surface area contributed by atoms with Crippen LogP contribution in [0.15, 0.2) is 48.5 Å². The Kier molecular flexibility index (Phi) is 7.97. The largest absolute Gasteiger partial charge is 0.372 e. The number of rotatable bonds is 8. The van der Waals surface area contributed by atoms with Crippen LogP contribution in [0.2, 0.25) is 5.02 Å². The van der Waals surface area contributed by atoms with Crippen LogP contribution in [-0.2, 0) is 21.4 Å². The summed E-state index contributed by atoms with van der Waals surface area (Å²) in [5, 5.41) is 3.38. The minimum Gasteiger partial charge on any atom is -0.372 e. The highest BCUT2D eigenvalue weighted by atomic mass is 35.5. The average Bonchev–Trinajstić information content (AvgIpc) is 2.75. The van der Waals surface area contributed by atoms with E-state index in [4.69, 9.17) is 11.6 Å². The molecule has 6 nitrogen and oxygen atoms in total. The minimum absolute atomic E-state index is 0.0465. The Balaban J connectivity index is 1.61. The Morgan fingerprint density at radius 3 is 2.35 bits per heavy atom. The van der Waals surface area contributed by atoms with Gasteiger partial charge in [0.1, 0.15) is 0 Å². The molecule has 2 aromatic carbocycles. The van der Waals surface area contributed by atoms with Gasteiger partial charge in [0.2, 0.25) is 15.9 Å². The van der Waals surface area contributed by atoms with Crippen LogP contribution >= 0.6 is 11.6 Å². The van der Waals surface area contributed by atoms with Gasteiger partial charge in [0.25, 0.3) is 0 Å². The van der Waals surface area contributed by atoms with Crippen LogP contribution in [0, 0.1) is 0 Å². The fourth-order valence-corrected chi connectivity index (χ4v) is 4.68. The molecule has 8 heteroatoms. The summed E-state index contributed by atoms with van der Waals surface area (Å²) in [7, 11) is -3.59. The van der Waals surface area contributed by atoms with E-state index in [1.54, 1.807) is 24.3 Å². The number of hydrogen-bond donors (Lipinski definition) is 1. The maximum atomic E-state index is 12.6. The summed E-state index contributed by atoms with van der Waals surface area (Å²) in [6.45, 7) is 3.84. The van der Waals surface area contributed by atoms with Crippen LogP contribution in [-0.4, -0.2) is 44.5 Å². The number of piperidine rings is 1. The Morgan fingerprint density at radius 2 is 1.74 bits per heavy atom. The number of hydrogen-bond acceptors (Lipinski definition) is 4. The van der Waals surface area contributed by atoms with Crippen molar-refractivity contribution >= 4 is 33.2 Å². The zero-order valence-corrected chi connectivity index (χ0v) is 19.6. The molecule has 0 spiro atoms. The molecule has 0 radical (unpaired) electrons. The fourth-order valence-electron chi connectivity index (χ4n) is 3.76. The van der Waals surface area contributed by atoms with Gasteiger partial charge in [-0.3, -0.25) is 4.79 Å². The van der Waals surface area contributed by atoms with Gasteiger partial charge in [-0.2, -0.15) is 4.31 Å².